The fourth-order valence-electron chi connectivity index (χ4n) is 2.15. The monoisotopic (exact) mass is 269 g/mol. The van der Waals surface area contributed by atoms with Gasteiger partial charge in [0.25, 0.3) is 0 Å². The van der Waals surface area contributed by atoms with Gasteiger partial charge in [-0.3, -0.25) is 0 Å². The molecule has 0 bridgehead atoms. The van der Waals surface area contributed by atoms with Crippen LogP contribution >= 0.6 is 15.9 Å². The van der Waals surface area contributed by atoms with Crippen LogP contribution in [0.3, 0.4) is 0 Å². The van der Waals surface area contributed by atoms with Gasteiger partial charge in [-0.1, -0.05) is 15.9 Å². The van der Waals surface area contributed by atoms with Crippen molar-refractivity contribution in [2.24, 2.45) is 5.73 Å². The van der Waals surface area contributed by atoms with Crippen molar-refractivity contribution in [2.75, 3.05) is 13.3 Å². The lowest BCUT2D eigenvalue weighted by molar-refractivity contribution is 0.172. The van der Waals surface area contributed by atoms with Crippen molar-refractivity contribution in [2.45, 2.75) is 18.3 Å². The number of rotatable bonds is 2. The van der Waals surface area contributed by atoms with Crippen molar-refractivity contribution < 1.29 is 9.47 Å². The smallest absolute Gasteiger partial charge is 0.231 e. The third kappa shape index (κ3) is 1.28. The van der Waals surface area contributed by atoms with E-state index in [1.54, 1.807) is 0 Å². The Hall–Kier alpha value is -0.740. The van der Waals surface area contributed by atoms with Gasteiger partial charge in [-0.25, -0.2) is 0 Å². The van der Waals surface area contributed by atoms with Crippen molar-refractivity contribution in [1.29, 1.82) is 0 Å². The van der Waals surface area contributed by atoms with Crippen LogP contribution in [-0.2, 0) is 5.41 Å². The van der Waals surface area contributed by atoms with Gasteiger partial charge >= 0.3 is 0 Å². The van der Waals surface area contributed by atoms with Gasteiger partial charge in [-0.2, -0.15) is 0 Å². The zero-order valence-electron chi connectivity index (χ0n) is 8.25. The Balaban J connectivity index is 2.17. The normalized spacial score (nSPS) is 20.4. The molecule has 2 aliphatic rings. The highest BCUT2D eigenvalue weighted by atomic mass is 79.9. The highest BCUT2D eigenvalue weighted by Crippen LogP contribution is 2.56. The molecule has 0 spiro atoms. The molecule has 0 amide bonds. The molecule has 0 radical (unpaired) electrons. The van der Waals surface area contributed by atoms with Crippen LogP contribution in [0.4, 0.5) is 0 Å². The molecule has 1 heterocycles. The molecule has 0 saturated heterocycles. The first-order valence-corrected chi connectivity index (χ1v) is 5.85. The van der Waals surface area contributed by atoms with E-state index in [4.69, 9.17) is 15.2 Å². The SMILES string of the molecule is NCC1(c2c(Br)ccc3c2OCO3)CC1. The fraction of sp³-hybridized carbons (Fsp3) is 0.455. The highest BCUT2D eigenvalue weighted by molar-refractivity contribution is 9.10. The van der Waals surface area contributed by atoms with E-state index >= 15 is 0 Å². The number of hydrogen-bond donors (Lipinski definition) is 1. The lowest BCUT2D eigenvalue weighted by atomic mass is 9.95. The van der Waals surface area contributed by atoms with Crippen LogP contribution in [0.2, 0.25) is 0 Å². The van der Waals surface area contributed by atoms with Gasteiger partial charge in [0.2, 0.25) is 6.79 Å². The molecule has 0 atom stereocenters. The number of ether oxygens (including phenoxy) is 2. The first-order chi connectivity index (χ1) is 7.27. The van der Waals surface area contributed by atoms with Gasteiger partial charge in [0.15, 0.2) is 11.5 Å². The largest absolute Gasteiger partial charge is 0.454 e. The Kier molecular flexibility index (Phi) is 1.97. The summed E-state index contributed by atoms with van der Waals surface area (Å²) in [6, 6.07) is 3.95. The van der Waals surface area contributed by atoms with Crippen LogP contribution in [0.1, 0.15) is 18.4 Å². The van der Waals surface area contributed by atoms with Crippen molar-refractivity contribution in [3.8, 4) is 11.5 Å². The third-order valence-electron chi connectivity index (χ3n) is 3.26. The maximum absolute atomic E-state index is 5.85. The Bertz CT molecular complexity index is 415. The summed E-state index contributed by atoms with van der Waals surface area (Å²) in [7, 11) is 0. The average Bonchev–Trinajstić information content (AvgIpc) is 2.88. The second-order valence-electron chi connectivity index (χ2n) is 4.14. The summed E-state index contributed by atoms with van der Waals surface area (Å²) in [4.78, 5) is 0. The first kappa shape index (κ1) is 9.48. The number of nitrogens with two attached hydrogens (primary N) is 1. The summed E-state index contributed by atoms with van der Waals surface area (Å²) in [6.45, 7) is 0.991. The molecule has 3 nitrogen and oxygen atoms in total. The lowest BCUT2D eigenvalue weighted by Crippen LogP contribution is -2.20. The Labute approximate surface area is 96.7 Å². The van der Waals surface area contributed by atoms with Crippen molar-refractivity contribution in [3.05, 3.63) is 22.2 Å². The second-order valence-corrected chi connectivity index (χ2v) is 4.99. The lowest BCUT2D eigenvalue weighted by Gasteiger charge is -2.17. The van der Waals surface area contributed by atoms with Crippen molar-refractivity contribution in [3.63, 3.8) is 0 Å². The Morgan fingerprint density at radius 2 is 2.13 bits per heavy atom. The highest BCUT2D eigenvalue weighted by Gasteiger charge is 2.47. The molecular formula is C11H12BrNO2. The molecule has 1 fully saturated rings. The van der Waals surface area contributed by atoms with E-state index in [0.717, 1.165) is 28.8 Å². The summed E-state index contributed by atoms with van der Waals surface area (Å²) >= 11 is 3.58. The molecule has 0 unspecified atom stereocenters. The molecule has 4 heteroatoms. The second kappa shape index (κ2) is 3.12. The van der Waals surface area contributed by atoms with Gasteiger partial charge in [0.1, 0.15) is 0 Å². The molecule has 3 rings (SSSR count). The van der Waals surface area contributed by atoms with Crippen LogP contribution in [0, 0.1) is 0 Å². The molecule has 15 heavy (non-hydrogen) atoms. The minimum absolute atomic E-state index is 0.123. The number of halogens is 1. The van der Waals surface area contributed by atoms with Crippen LogP contribution < -0.4 is 15.2 Å². The van der Waals surface area contributed by atoms with E-state index in [1.807, 2.05) is 12.1 Å². The predicted octanol–water partition coefficient (Wildman–Crippen LogP) is 2.17. The molecule has 1 aliphatic heterocycles. The zero-order valence-corrected chi connectivity index (χ0v) is 9.84. The van der Waals surface area contributed by atoms with Gasteiger partial charge < -0.3 is 15.2 Å². The average molecular weight is 270 g/mol. The van der Waals surface area contributed by atoms with Gasteiger partial charge in [0.05, 0.1) is 0 Å². The number of fused-ring (bicyclic) bond motifs is 1. The van der Waals surface area contributed by atoms with Gasteiger partial charge in [0, 0.05) is 22.0 Å². The van der Waals surface area contributed by atoms with E-state index < -0.39 is 0 Å². The molecule has 0 aromatic heterocycles. The Morgan fingerprint density at radius 1 is 1.33 bits per heavy atom. The van der Waals surface area contributed by atoms with E-state index in [0.29, 0.717) is 13.3 Å². The Morgan fingerprint density at radius 3 is 2.80 bits per heavy atom. The molecule has 1 aromatic carbocycles. The molecule has 1 aromatic rings. The summed E-state index contributed by atoms with van der Waals surface area (Å²) in [6.07, 6.45) is 2.28. The molecule has 2 N–H and O–H groups in total. The summed E-state index contributed by atoms with van der Waals surface area (Å²) in [5.74, 6) is 1.72. The molecule has 80 valence electrons. The van der Waals surface area contributed by atoms with E-state index in [2.05, 4.69) is 15.9 Å². The molecular weight excluding hydrogens is 258 g/mol. The zero-order chi connectivity index (χ0) is 10.5. The standard InChI is InChI=1S/C11H12BrNO2/c12-7-1-2-8-10(15-6-14-8)9(7)11(5-13)3-4-11/h1-2H,3-6,13H2. The van der Waals surface area contributed by atoms with E-state index in [-0.39, 0.29) is 5.41 Å². The summed E-state index contributed by atoms with van der Waals surface area (Å²) in [5, 5.41) is 0. The first-order valence-electron chi connectivity index (χ1n) is 5.05. The van der Waals surface area contributed by atoms with Crippen molar-refractivity contribution >= 4 is 15.9 Å². The van der Waals surface area contributed by atoms with E-state index in [1.165, 1.54) is 5.56 Å². The quantitative estimate of drug-likeness (QED) is 0.895. The predicted molar refractivity (Wildman–Crippen MR) is 60.2 cm³/mol. The maximum atomic E-state index is 5.85. The van der Waals surface area contributed by atoms with Crippen LogP contribution in [0.5, 0.6) is 11.5 Å². The molecule has 1 aliphatic carbocycles. The third-order valence-corrected chi connectivity index (χ3v) is 3.92. The summed E-state index contributed by atoms with van der Waals surface area (Å²) in [5.41, 5.74) is 7.16. The molecule has 1 saturated carbocycles. The number of benzene rings is 1. The minimum Gasteiger partial charge on any atom is -0.454 e. The van der Waals surface area contributed by atoms with Crippen LogP contribution in [0.25, 0.3) is 0 Å². The van der Waals surface area contributed by atoms with E-state index in [9.17, 15) is 0 Å². The van der Waals surface area contributed by atoms with Gasteiger partial charge in [-0.05, 0) is 25.0 Å². The maximum Gasteiger partial charge on any atom is 0.231 e. The fourth-order valence-corrected chi connectivity index (χ4v) is 2.88. The van der Waals surface area contributed by atoms with Crippen LogP contribution in [-0.4, -0.2) is 13.3 Å². The number of hydrogen-bond acceptors (Lipinski definition) is 3. The van der Waals surface area contributed by atoms with Gasteiger partial charge in [-0.15, -0.1) is 0 Å². The van der Waals surface area contributed by atoms with Crippen LogP contribution in [0.15, 0.2) is 16.6 Å². The van der Waals surface area contributed by atoms with Crippen molar-refractivity contribution in [1.82, 2.24) is 0 Å². The minimum atomic E-state index is 0.123. The summed E-state index contributed by atoms with van der Waals surface area (Å²) < 4.78 is 12.0. The topological polar surface area (TPSA) is 44.5 Å².